The highest BCUT2D eigenvalue weighted by Gasteiger charge is 2.51. The zero-order chi connectivity index (χ0) is 59.5. The molecule has 0 aromatic rings. The smallest absolute Gasteiger partial charge is 0.220 e. The zero-order valence-electron chi connectivity index (χ0n) is 50.7. The Labute approximate surface area is 495 Å². The molecule has 2 saturated heterocycles. The third-order valence-corrected chi connectivity index (χ3v) is 14.9. The Morgan fingerprint density at radius 1 is 0.451 bits per heavy atom. The number of allylic oxidation sites excluding steroid dienone is 17. The molecule has 14 nitrogen and oxygen atoms in total. The molecule has 0 saturated carbocycles. The van der Waals surface area contributed by atoms with Crippen molar-refractivity contribution in [1.82, 2.24) is 5.32 Å². The maximum absolute atomic E-state index is 13.2. The Balaban J connectivity index is 1.59. The number of hydrogen-bond donors (Lipinski definition) is 9. The lowest BCUT2D eigenvalue weighted by Gasteiger charge is -2.46. The van der Waals surface area contributed by atoms with Crippen molar-refractivity contribution in [3.63, 3.8) is 0 Å². The summed E-state index contributed by atoms with van der Waals surface area (Å²) >= 11 is 0. The van der Waals surface area contributed by atoms with E-state index >= 15 is 0 Å². The minimum atomic E-state index is -1.80. The van der Waals surface area contributed by atoms with Crippen LogP contribution in [0.2, 0.25) is 0 Å². The van der Waals surface area contributed by atoms with Crippen molar-refractivity contribution in [2.24, 2.45) is 0 Å². The minimum absolute atomic E-state index is 0.258. The summed E-state index contributed by atoms with van der Waals surface area (Å²) in [7, 11) is 0. The quantitative estimate of drug-likeness (QED) is 0.0204. The molecule has 0 spiro atoms. The molecule has 14 heteroatoms. The van der Waals surface area contributed by atoms with E-state index in [1.54, 1.807) is 6.08 Å². The van der Waals surface area contributed by atoms with Gasteiger partial charge in [0.25, 0.3) is 0 Å². The Bertz CT molecular complexity index is 1790. The molecule has 2 heterocycles. The fourth-order valence-corrected chi connectivity index (χ4v) is 9.80. The van der Waals surface area contributed by atoms with Crippen LogP contribution >= 0.6 is 0 Å². The van der Waals surface area contributed by atoms with Crippen LogP contribution in [0.4, 0.5) is 0 Å². The summed E-state index contributed by atoms with van der Waals surface area (Å²) in [5.74, 6) is -0.258. The van der Waals surface area contributed by atoms with Crippen LogP contribution in [0.5, 0.6) is 0 Å². The van der Waals surface area contributed by atoms with E-state index in [4.69, 9.17) is 18.9 Å². The van der Waals surface area contributed by atoms with E-state index in [-0.39, 0.29) is 18.9 Å². The molecular weight excluding hydrogens is 1040 g/mol. The summed E-state index contributed by atoms with van der Waals surface area (Å²) in [6.07, 6.45) is 57.4. The van der Waals surface area contributed by atoms with Crippen LogP contribution in [-0.4, -0.2) is 140 Å². The summed E-state index contributed by atoms with van der Waals surface area (Å²) in [5, 5.41) is 86.9. The normalized spacial score (nSPS) is 24.7. The molecule has 0 aliphatic carbocycles. The maximum Gasteiger partial charge on any atom is 0.220 e. The molecule has 2 aliphatic heterocycles. The number of rotatable bonds is 50. The molecule has 2 fully saturated rings. The van der Waals surface area contributed by atoms with Crippen LogP contribution in [0.15, 0.2) is 109 Å². The van der Waals surface area contributed by atoms with Crippen molar-refractivity contribution in [2.45, 2.75) is 293 Å². The van der Waals surface area contributed by atoms with Gasteiger partial charge < -0.3 is 65.1 Å². The molecule has 470 valence electrons. The number of ether oxygens (including phenoxy) is 4. The van der Waals surface area contributed by atoms with E-state index in [1.165, 1.54) is 96.3 Å². The molecule has 2 aliphatic rings. The summed E-state index contributed by atoms with van der Waals surface area (Å²) in [4.78, 5) is 13.2. The number of aliphatic hydroxyl groups is 8. The predicted molar refractivity (Wildman–Crippen MR) is 332 cm³/mol. The van der Waals surface area contributed by atoms with Crippen molar-refractivity contribution < 1.29 is 64.6 Å². The third kappa shape index (κ3) is 36.5. The molecule has 0 aromatic carbocycles. The summed E-state index contributed by atoms with van der Waals surface area (Å²) in [6.45, 7) is 2.56. The van der Waals surface area contributed by atoms with Gasteiger partial charge >= 0.3 is 0 Å². The second-order valence-corrected chi connectivity index (χ2v) is 22.1. The Hall–Kier alpha value is -3.35. The standard InChI is InChI=1S/C68H115NO13/c1-3-5-7-9-11-13-15-16-17-18-19-20-21-22-23-24-25-26-27-28-29-30-31-32-33-34-35-36-37-38-39-40-42-44-46-48-50-52-60(73)69-56(57(72)51-49-47-45-43-41-14-12-10-8-6-4-2)55-79-67-65(78)63(76)66(59(54-71)81-67)82-68-64(77)62(75)61(74)58(53-70)80-68/h5,7-8,10-11,13,16-17,19-20,22-23,25-26,41,43,49,51,56-59,61-68,70-72,74-78H,3-4,6,9,12,14-15,18,21,24,27-40,42,44-48,50,52-55H2,1-2H3,(H,69,73)/b7-5-,10-8+,13-11-,17-16-,20-19-,23-22-,26-25-,43-41+,51-49+. The van der Waals surface area contributed by atoms with Crippen LogP contribution < -0.4 is 5.32 Å². The number of carbonyl (C=O) groups excluding carboxylic acids is 1. The molecule has 1 amide bonds. The molecule has 0 aromatic heterocycles. The van der Waals surface area contributed by atoms with Gasteiger partial charge in [0, 0.05) is 6.42 Å². The van der Waals surface area contributed by atoms with Gasteiger partial charge in [0.2, 0.25) is 5.91 Å². The first-order valence-corrected chi connectivity index (χ1v) is 32.1. The lowest BCUT2D eigenvalue weighted by Crippen LogP contribution is -2.65. The van der Waals surface area contributed by atoms with Gasteiger partial charge in [-0.05, 0) is 89.9 Å². The maximum atomic E-state index is 13.2. The molecule has 12 unspecified atom stereocenters. The predicted octanol–water partition coefficient (Wildman–Crippen LogP) is 12.0. The number of aliphatic hydroxyl groups excluding tert-OH is 8. The van der Waals surface area contributed by atoms with E-state index in [1.807, 2.05) is 6.08 Å². The van der Waals surface area contributed by atoms with E-state index < -0.39 is 86.8 Å². The van der Waals surface area contributed by atoms with Gasteiger partial charge in [-0.1, -0.05) is 232 Å². The highest BCUT2D eigenvalue weighted by Crippen LogP contribution is 2.30. The van der Waals surface area contributed by atoms with Gasteiger partial charge in [-0.15, -0.1) is 0 Å². The van der Waals surface area contributed by atoms with Crippen molar-refractivity contribution in [3.8, 4) is 0 Å². The van der Waals surface area contributed by atoms with Crippen LogP contribution in [0, 0.1) is 0 Å². The van der Waals surface area contributed by atoms with Gasteiger partial charge in [-0.3, -0.25) is 4.79 Å². The highest BCUT2D eigenvalue weighted by molar-refractivity contribution is 5.76. The van der Waals surface area contributed by atoms with E-state index in [9.17, 15) is 45.6 Å². The average molecular weight is 1150 g/mol. The number of amides is 1. The molecule has 12 atom stereocenters. The Kier molecular flexibility index (Phi) is 47.4. The Morgan fingerprint density at radius 3 is 1.33 bits per heavy atom. The number of carbonyl (C=O) groups is 1. The van der Waals surface area contributed by atoms with Crippen LogP contribution in [0.25, 0.3) is 0 Å². The first-order valence-electron chi connectivity index (χ1n) is 32.1. The second kappa shape index (κ2) is 52.0. The summed E-state index contributed by atoms with van der Waals surface area (Å²) < 4.78 is 22.7. The van der Waals surface area contributed by atoms with Crippen molar-refractivity contribution >= 4 is 5.91 Å². The molecule has 0 radical (unpaired) electrons. The molecular formula is C68H115NO13. The lowest BCUT2D eigenvalue weighted by molar-refractivity contribution is -0.359. The fraction of sp³-hybridized carbons (Fsp3) is 0.721. The average Bonchev–Trinajstić information content (AvgIpc) is 3.22. The topological polar surface area (TPSA) is 228 Å². The molecule has 82 heavy (non-hydrogen) atoms. The number of unbranched alkanes of at least 4 members (excludes halogenated alkanes) is 21. The SMILES string of the molecule is CC/C=C\C/C=C\C/C=C\C/C=C\C/C=C\C/C=C\CCCCCCCCCCCCCCCCCCCCC(=O)NC(COC1OC(CO)C(OC2OC(CO)C(O)C(O)C2O)C(O)C1O)C(O)/C=C/CC/C=C/CC/C=C/CCC. The van der Waals surface area contributed by atoms with E-state index in [0.717, 1.165) is 89.9 Å². The molecule has 2 rings (SSSR count). The second-order valence-electron chi connectivity index (χ2n) is 22.1. The fourth-order valence-electron chi connectivity index (χ4n) is 9.80. The molecule has 9 N–H and O–H groups in total. The van der Waals surface area contributed by atoms with Gasteiger partial charge in [0.15, 0.2) is 12.6 Å². The largest absolute Gasteiger partial charge is 0.394 e. The highest BCUT2D eigenvalue weighted by atomic mass is 16.7. The first kappa shape index (κ1) is 74.7. The number of nitrogens with one attached hydrogen (secondary N) is 1. The number of hydrogen-bond acceptors (Lipinski definition) is 13. The lowest BCUT2D eigenvalue weighted by atomic mass is 9.97. The van der Waals surface area contributed by atoms with Gasteiger partial charge in [-0.25, -0.2) is 0 Å². The minimum Gasteiger partial charge on any atom is -0.394 e. The van der Waals surface area contributed by atoms with Crippen molar-refractivity contribution in [2.75, 3.05) is 19.8 Å². The van der Waals surface area contributed by atoms with Gasteiger partial charge in [-0.2, -0.15) is 0 Å². The summed E-state index contributed by atoms with van der Waals surface area (Å²) in [5.41, 5.74) is 0. The van der Waals surface area contributed by atoms with Crippen LogP contribution in [-0.2, 0) is 23.7 Å². The Morgan fingerprint density at radius 2 is 0.854 bits per heavy atom. The summed E-state index contributed by atoms with van der Waals surface area (Å²) in [6, 6.07) is -0.941. The monoisotopic (exact) mass is 1150 g/mol. The van der Waals surface area contributed by atoms with E-state index in [2.05, 4.69) is 116 Å². The van der Waals surface area contributed by atoms with Gasteiger partial charge in [0.1, 0.15) is 48.8 Å². The van der Waals surface area contributed by atoms with Crippen LogP contribution in [0.3, 0.4) is 0 Å². The third-order valence-electron chi connectivity index (χ3n) is 14.9. The zero-order valence-corrected chi connectivity index (χ0v) is 50.7. The molecule has 0 bridgehead atoms. The van der Waals surface area contributed by atoms with Crippen LogP contribution in [0.1, 0.15) is 219 Å². The van der Waals surface area contributed by atoms with Crippen molar-refractivity contribution in [1.29, 1.82) is 0 Å². The van der Waals surface area contributed by atoms with Gasteiger partial charge in [0.05, 0.1) is 32.0 Å². The first-order chi connectivity index (χ1) is 40.1. The van der Waals surface area contributed by atoms with E-state index in [0.29, 0.717) is 12.8 Å². The van der Waals surface area contributed by atoms with Crippen molar-refractivity contribution in [3.05, 3.63) is 109 Å².